The minimum atomic E-state index is -0.320. The Balaban J connectivity index is 2.07. The summed E-state index contributed by atoms with van der Waals surface area (Å²) in [4.78, 5) is 0. The van der Waals surface area contributed by atoms with Crippen molar-refractivity contribution < 1.29 is 9.13 Å². The number of hydrogen-bond donors (Lipinski definition) is 2. The van der Waals surface area contributed by atoms with E-state index in [4.69, 9.17) is 28.6 Å². The Bertz CT molecular complexity index is 732. The molecule has 0 spiro atoms. The van der Waals surface area contributed by atoms with Crippen LogP contribution in [0.3, 0.4) is 0 Å². The standard InChI is InChI=1S/C15H17ClFN5OS/c1-10-13(9-19-20-15(24)18-7-8-23-2)14(16)22(21-10)12-5-3-11(17)4-6-12/h3-6,9H,7-8H2,1-2H3,(H2,18,20,24). The molecule has 0 bridgehead atoms. The number of benzene rings is 1. The maximum absolute atomic E-state index is 13.0. The molecule has 0 saturated heterocycles. The van der Waals surface area contributed by atoms with Crippen molar-refractivity contribution in [2.45, 2.75) is 6.92 Å². The smallest absolute Gasteiger partial charge is 0.187 e. The van der Waals surface area contributed by atoms with Crippen molar-refractivity contribution in [2.24, 2.45) is 5.10 Å². The summed E-state index contributed by atoms with van der Waals surface area (Å²) in [5.74, 6) is -0.320. The van der Waals surface area contributed by atoms with Gasteiger partial charge in [-0.15, -0.1) is 0 Å². The third-order valence-corrected chi connectivity index (χ3v) is 3.67. The Morgan fingerprint density at radius 2 is 2.17 bits per heavy atom. The second-order valence-corrected chi connectivity index (χ2v) is 5.56. The van der Waals surface area contributed by atoms with E-state index in [0.717, 1.165) is 0 Å². The van der Waals surface area contributed by atoms with Gasteiger partial charge < -0.3 is 10.1 Å². The Labute approximate surface area is 149 Å². The lowest BCUT2D eigenvalue weighted by atomic mass is 10.3. The molecule has 24 heavy (non-hydrogen) atoms. The Kier molecular flexibility index (Phi) is 6.65. The van der Waals surface area contributed by atoms with E-state index in [-0.39, 0.29) is 5.82 Å². The number of thiocarbonyl (C=S) groups is 1. The van der Waals surface area contributed by atoms with Gasteiger partial charge in [0, 0.05) is 13.7 Å². The normalized spacial score (nSPS) is 11.0. The summed E-state index contributed by atoms with van der Waals surface area (Å²) in [5, 5.41) is 12.1. The highest BCUT2D eigenvalue weighted by Crippen LogP contribution is 2.22. The van der Waals surface area contributed by atoms with Gasteiger partial charge >= 0.3 is 0 Å². The monoisotopic (exact) mass is 369 g/mol. The van der Waals surface area contributed by atoms with Crippen LogP contribution in [0.4, 0.5) is 4.39 Å². The highest BCUT2D eigenvalue weighted by Gasteiger charge is 2.13. The second kappa shape index (κ2) is 8.72. The van der Waals surface area contributed by atoms with Crippen molar-refractivity contribution in [1.82, 2.24) is 20.5 Å². The SMILES string of the molecule is COCCNC(=S)NN=Cc1c(C)nn(-c2ccc(F)cc2)c1Cl. The molecule has 0 aliphatic carbocycles. The minimum Gasteiger partial charge on any atom is -0.383 e. The summed E-state index contributed by atoms with van der Waals surface area (Å²) < 4.78 is 19.5. The van der Waals surface area contributed by atoms with Gasteiger partial charge in [0.2, 0.25) is 0 Å². The van der Waals surface area contributed by atoms with Crippen molar-refractivity contribution in [1.29, 1.82) is 0 Å². The van der Waals surface area contributed by atoms with Crippen LogP contribution in [0.2, 0.25) is 5.15 Å². The van der Waals surface area contributed by atoms with E-state index in [9.17, 15) is 4.39 Å². The van der Waals surface area contributed by atoms with E-state index >= 15 is 0 Å². The van der Waals surface area contributed by atoms with Crippen LogP contribution in [0.25, 0.3) is 5.69 Å². The fourth-order valence-corrected chi connectivity index (χ4v) is 2.35. The average molecular weight is 370 g/mol. The molecular weight excluding hydrogens is 353 g/mol. The lowest BCUT2D eigenvalue weighted by Crippen LogP contribution is -2.34. The molecule has 0 aliphatic rings. The zero-order valence-corrected chi connectivity index (χ0v) is 14.8. The largest absolute Gasteiger partial charge is 0.383 e. The minimum absolute atomic E-state index is 0.320. The summed E-state index contributed by atoms with van der Waals surface area (Å²) in [6.45, 7) is 2.93. The topological polar surface area (TPSA) is 63.5 Å². The van der Waals surface area contributed by atoms with Crippen molar-refractivity contribution >= 4 is 35.1 Å². The number of aromatic nitrogens is 2. The van der Waals surface area contributed by atoms with Crippen LogP contribution in [-0.4, -0.2) is 41.4 Å². The Morgan fingerprint density at radius 1 is 1.46 bits per heavy atom. The van der Waals surface area contributed by atoms with Crippen LogP contribution >= 0.6 is 23.8 Å². The molecule has 0 radical (unpaired) electrons. The number of halogens is 2. The van der Waals surface area contributed by atoms with Crippen LogP contribution < -0.4 is 10.7 Å². The number of ether oxygens (including phenoxy) is 1. The third kappa shape index (κ3) is 4.73. The van der Waals surface area contributed by atoms with E-state index in [1.165, 1.54) is 23.0 Å². The molecule has 1 aromatic carbocycles. The van der Waals surface area contributed by atoms with Gasteiger partial charge in [-0.1, -0.05) is 11.6 Å². The number of hydrazone groups is 1. The number of methoxy groups -OCH3 is 1. The number of hydrogen-bond acceptors (Lipinski definition) is 4. The zero-order chi connectivity index (χ0) is 17.5. The maximum atomic E-state index is 13.0. The van der Waals surface area contributed by atoms with Crippen LogP contribution in [0.1, 0.15) is 11.3 Å². The lowest BCUT2D eigenvalue weighted by Gasteiger charge is -2.05. The summed E-state index contributed by atoms with van der Waals surface area (Å²) in [6, 6.07) is 5.90. The van der Waals surface area contributed by atoms with Crippen LogP contribution in [0.5, 0.6) is 0 Å². The average Bonchev–Trinajstić information content (AvgIpc) is 2.84. The number of aryl methyl sites for hydroxylation is 1. The lowest BCUT2D eigenvalue weighted by molar-refractivity contribution is 0.204. The van der Waals surface area contributed by atoms with Gasteiger partial charge in [-0.2, -0.15) is 10.2 Å². The van der Waals surface area contributed by atoms with Crippen LogP contribution in [0.15, 0.2) is 29.4 Å². The predicted octanol–water partition coefficient (Wildman–Crippen LogP) is 2.42. The van der Waals surface area contributed by atoms with Crippen LogP contribution in [-0.2, 0) is 4.74 Å². The van der Waals surface area contributed by atoms with Crippen LogP contribution in [0, 0.1) is 12.7 Å². The molecule has 0 saturated carbocycles. The van der Waals surface area contributed by atoms with Crippen molar-refractivity contribution in [3.63, 3.8) is 0 Å². The Morgan fingerprint density at radius 3 is 2.83 bits per heavy atom. The van der Waals surface area contributed by atoms with Crippen molar-refractivity contribution in [3.8, 4) is 5.69 Å². The van der Waals surface area contributed by atoms with Gasteiger partial charge in [0.05, 0.1) is 29.8 Å². The molecule has 6 nitrogen and oxygen atoms in total. The quantitative estimate of drug-likeness (QED) is 0.354. The third-order valence-electron chi connectivity index (χ3n) is 3.07. The first-order chi connectivity index (χ1) is 11.5. The molecule has 0 amide bonds. The highest BCUT2D eigenvalue weighted by atomic mass is 35.5. The molecule has 1 heterocycles. The van der Waals surface area contributed by atoms with E-state index < -0.39 is 0 Å². The molecule has 1 aromatic heterocycles. The molecule has 0 aliphatic heterocycles. The van der Waals surface area contributed by atoms with E-state index in [1.807, 2.05) is 6.92 Å². The predicted molar refractivity (Wildman–Crippen MR) is 96.5 cm³/mol. The molecule has 128 valence electrons. The molecule has 2 aromatic rings. The molecule has 2 N–H and O–H groups in total. The molecule has 0 atom stereocenters. The highest BCUT2D eigenvalue weighted by molar-refractivity contribution is 7.80. The molecule has 0 unspecified atom stereocenters. The number of rotatable bonds is 6. The number of nitrogens with zero attached hydrogens (tertiary/aromatic N) is 3. The summed E-state index contributed by atoms with van der Waals surface area (Å²) in [6.07, 6.45) is 1.54. The summed E-state index contributed by atoms with van der Waals surface area (Å²) >= 11 is 11.4. The van der Waals surface area contributed by atoms with E-state index in [0.29, 0.717) is 40.4 Å². The maximum Gasteiger partial charge on any atom is 0.187 e. The summed E-state index contributed by atoms with van der Waals surface area (Å²) in [5.41, 5.74) is 4.69. The second-order valence-electron chi connectivity index (χ2n) is 4.80. The van der Waals surface area contributed by atoms with Crippen molar-refractivity contribution in [2.75, 3.05) is 20.3 Å². The van der Waals surface area contributed by atoms with Gasteiger partial charge in [0.1, 0.15) is 11.0 Å². The van der Waals surface area contributed by atoms with Gasteiger partial charge in [-0.25, -0.2) is 9.07 Å². The Hall–Kier alpha value is -2.03. The fourth-order valence-electron chi connectivity index (χ4n) is 1.87. The molecule has 2 rings (SSSR count). The summed E-state index contributed by atoms with van der Waals surface area (Å²) in [7, 11) is 1.61. The van der Waals surface area contributed by atoms with Gasteiger partial charge in [0.15, 0.2) is 5.11 Å². The van der Waals surface area contributed by atoms with Gasteiger partial charge in [-0.3, -0.25) is 5.43 Å². The molecular formula is C15H17ClFN5OS. The van der Waals surface area contributed by atoms with Gasteiger partial charge in [0.25, 0.3) is 0 Å². The van der Waals surface area contributed by atoms with E-state index in [2.05, 4.69) is 20.9 Å². The van der Waals surface area contributed by atoms with Gasteiger partial charge in [-0.05, 0) is 43.4 Å². The van der Waals surface area contributed by atoms with E-state index in [1.54, 1.807) is 19.2 Å². The fraction of sp³-hybridized carbons (Fsp3) is 0.267. The first kappa shape index (κ1) is 18.3. The zero-order valence-electron chi connectivity index (χ0n) is 13.2. The molecule has 0 fully saturated rings. The first-order valence-electron chi connectivity index (χ1n) is 7.10. The molecule has 9 heteroatoms. The first-order valence-corrected chi connectivity index (χ1v) is 7.88. The van der Waals surface area contributed by atoms with Crippen molar-refractivity contribution in [3.05, 3.63) is 46.5 Å². The number of nitrogens with one attached hydrogen (secondary N) is 2.